The van der Waals surface area contributed by atoms with Crippen LogP contribution in [-0.4, -0.2) is 19.3 Å². The molecule has 16 heavy (non-hydrogen) atoms. The van der Waals surface area contributed by atoms with Gasteiger partial charge in [0.25, 0.3) is 0 Å². The Hall–Kier alpha value is -1.42. The third kappa shape index (κ3) is 2.07. The van der Waals surface area contributed by atoms with Crippen LogP contribution in [0, 0.1) is 0 Å². The van der Waals surface area contributed by atoms with E-state index in [0.29, 0.717) is 5.58 Å². The summed E-state index contributed by atoms with van der Waals surface area (Å²) in [6, 6.07) is 7.63. The lowest BCUT2D eigenvalue weighted by atomic mass is 10.2. The molecule has 0 saturated carbocycles. The molecule has 1 aromatic heterocycles. The van der Waals surface area contributed by atoms with Crippen LogP contribution >= 0.6 is 11.8 Å². The van der Waals surface area contributed by atoms with Gasteiger partial charge in [-0.25, -0.2) is 4.79 Å². The molecule has 0 bridgehead atoms. The topological polar surface area (TPSA) is 39.4 Å². The fraction of sp³-hybridized carbons (Fsp3) is 0.250. The molecule has 0 atom stereocenters. The number of hydrogen-bond donors (Lipinski definition) is 0. The highest BCUT2D eigenvalue weighted by Crippen LogP contribution is 2.22. The first kappa shape index (κ1) is 11.1. The van der Waals surface area contributed by atoms with Crippen molar-refractivity contribution in [3.63, 3.8) is 0 Å². The molecule has 0 aliphatic rings. The van der Waals surface area contributed by atoms with Gasteiger partial charge in [-0.3, -0.25) is 0 Å². The van der Waals surface area contributed by atoms with Crippen LogP contribution in [0.1, 0.15) is 16.1 Å². The minimum atomic E-state index is -0.442. The van der Waals surface area contributed by atoms with Crippen LogP contribution in [0.5, 0.6) is 0 Å². The molecule has 0 unspecified atom stereocenters. The van der Waals surface area contributed by atoms with Gasteiger partial charge in [-0.15, -0.1) is 0 Å². The molecule has 84 valence electrons. The largest absolute Gasteiger partial charge is 0.463 e. The zero-order valence-electron chi connectivity index (χ0n) is 9.15. The third-order valence-corrected chi connectivity index (χ3v) is 2.90. The lowest BCUT2D eigenvalue weighted by Gasteiger charge is -1.96. The summed E-state index contributed by atoms with van der Waals surface area (Å²) in [4.78, 5) is 11.3. The molecule has 0 radical (unpaired) electrons. The van der Waals surface area contributed by atoms with Gasteiger partial charge >= 0.3 is 5.97 Å². The molecule has 2 aromatic rings. The molecule has 0 fully saturated rings. The van der Waals surface area contributed by atoms with E-state index in [4.69, 9.17) is 4.42 Å². The molecule has 0 N–H and O–H groups in total. The number of esters is 1. The maximum absolute atomic E-state index is 11.3. The van der Waals surface area contributed by atoms with E-state index in [0.717, 1.165) is 11.1 Å². The van der Waals surface area contributed by atoms with Gasteiger partial charge in [-0.1, -0.05) is 6.07 Å². The smallest absolute Gasteiger partial charge is 0.373 e. The highest BCUT2D eigenvalue weighted by atomic mass is 32.2. The Morgan fingerprint density at radius 2 is 2.25 bits per heavy atom. The fourth-order valence-electron chi connectivity index (χ4n) is 1.55. The lowest BCUT2D eigenvalue weighted by molar-refractivity contribution is 0.0567. The number of ether oxygens (including phenoxy) is 1. The molecule has 1 aromatic carbocycles. The minimum absolute atomic E-state index is 0.249. The number of methoxy groups -OCH3 is 1. The summed E-state index contributed by atoms with van der Waals surface area (Å²) in [7, 11) is 1.34. The van der Waals surface area contributed by atoms with E-state index in [1.165, 1.54) is 12.7 Å². The maximum atomic E-state index is 11.3. The van der Waals surface area contributed by atoms with Crippen LogP contribution in [0.2, 0.25) is 0 Å². The average Bonchev–Trinajstić information content (AvgIpc) is 2.71. The predicted octanol–water partition coefficient (Wildman–Crippen LogP) is 3.08. The Morgan fingerprint density at radius 3 is 2.94 bits per heavy atom. The van der Waals surface area contributed by atoms with E-state index in [-0.39, 0.29) is 5.76 Å². The molecule has 0 amide bonds. The molecule has 0 aliphatic heterocycles. The molecule has 0 spiro atoms. The number of carbonyl (C=O) groups is 1. The Morgan fingerprint density at radius 1 is 1.44 bits per heavy atom. The molecule has 4 heteroatoms. The second-order valence-corrected chi connectivity index (χ2v) is 4.27. The summed E-state index contributed by atoms with van der Waals surface area (Å²) in [5, 5.41) is 0.937. The Balaban J connectivity index is 2.41. The maximum Gasteiger partial charge on any atom is 0.373 e. The van der Waals surface area contributed by atoms with Crippen LogP contribution in [0.3, 0.4) is 0 Å². The molecular formula is C12H12O3S. The Kier molecular flexibility index (Phi) is 3.19. The Labute approximate surface area is 97.8 Å². The van der Waals surface area contributed by atoms with Crippen LogP contribution in [0.15, 0.2) is 28.7 Å². The van der Waals surface area contributed by atoms with Crippen molar-refractivity contribution in [1.82, 2.24) is 0 Å². The average molecular weight is 236 g/mol. The molecule has 2 rings (SSSR count). The summed E-state index contributed by atoms with van der Waals surface area (Å²) in [5.41, 5.74) is 1.93. The normalized spacial score (nSPS) is 10.6. The van der Waals surface area contributed by atoms with E-state index < -0.39 is 5.97 Å². The van der Waals surface area contributed by atoms with Gasteiger partial charge in [0.15, 0.2) is 0 Å². The molecule has 1 heterocycles. The number of fused-ring (bicyclic) bond motifs is 1. The molecule has 0 aliphatic carbocycles. The zero-order chi connectivity index (χ0) is 11.5. The number of hydrogen-bond acceptors (Lipinski definition) is 4. The van der Waals surface area contributed by atoms with E-state index in [9.17, 15) is 4.79 Å². The van der Waals surface area contributed by atoms with Gasteiger partial charge in [-0.05, 0) is 30.0 Å². The van der Waals surface area contributed by atoms with Gasteiger partial charge in [0.05, 0.1) is 7.11 Å². The van der Waals surface area contributed by atoms with Gasteiger partial charge in [0.1, 0.15) is 5.58 Å². The van der Waals surface area contributed by atoms with Crippen molar-refractivity contribution in [2.45, 2.75) is 5.75 Å². The van der Waals surface area contributed by atoms with Crippen LogP contribution < -0.4 is 0 Å². The van der Waals surface area contributed by atoms with Crippen molar-refractivity contribution in [1.29, 1.82) is 0 Å². The zero-order valence-corrected chi connectivity index (χ0v) is 9.97. The number of furan rings is 1. The lowest BCUT2D eigenvalue weighted by Crippen LogP contribution is -1.97. The summed E-state index contributed by atoms with van der Waals surface area (Å²) in [6.45, 7) is 0. The number of benzene rings is 1. The van der Waals surface area contributed by atoms with E-state index >= 15 is 0 Å². The first-order valence-corrected chi connectivity index (χ1v) is 6.23. The van der Waals surface area contributed by atoms with E-state index in [1.54, 1.807) is 17.8 Å². The number of rotatable bonds is 3. The standard InChI is InChI=1S/C12H12O3S/c1-14-12(13)11-6-9-5-8(7-16-2)3-4-10(9)15-11/h3-6H,7H2,1-2H3. The fourth-order valence-corrected chi connectivity index (χ4v) is 2.06. The second-order valence-electron chi connectivity index (χ2n) is 3.41. The highest BCUT2D eigenvalue weighted by molar-refractivity contribution is 7.97. The highest BCUT2D eigenvalue weighted by Gasteiger charge is 2.12. The van der Waals surface area contributed by atoms with Crippen molar-refractivity contribution in [2.75, 3.05) is 13.4 Å². The third-order valence-electron chi connectivity index (χ3n) is 2.28. The monoisotopic (exact) mass is 236 g/mol. The summed E-state index contributed by atoms with van der Waals surface area (Å²) >= 11 is 1.76. The molecule has 0 saturated heterocycles. The number of carbonyl (C=O) groups excluding carboxylic acids is 1. The molecular weight excluding hydrogens is 224 g/mol. The van der Waals surface area contributed by atoms with Crippen molar-refractivity contribution in [3.05, 3.63) is 35.6 Å². The predicted molar refractivity (Wildman–Crippen MR) is 64.8 cm³/mol. The van der Waals surface area contributed by atoms with Gasteiger partial charge < -0.3 is 9.15 Å². The van der Waals surface area contributed by atoms with Crippen LogP contribution in [0.25, 0.3) is 11.0 Å². The van der Waals surface area contributed by atoms with Crippen LogP contribution in [0.4, 0.5) is 0 Å². The quantitative estimate of drug-likeness (QED) is 0.768. The molecule has 3 nitrogen and oxygen atoms in total. The van der Waals surface area contributed by atoms with Crippen molar-refractivity contribution < 1.29 is 13.9 Å². The van der Waals surface area contributed by atoms with Crippen molar-refractivity contribution in [3.8, 4) is 0 Å². The minimum Gasteiger partial charge on any atom is -0.463 e. The van der Waals surface area contributed by atoms with E-state index in [1.807, 2.05) is 18.2 Å². The van der Waals surface area contributed by atoms with Gasteiger partial charge in [0.2, 0.25) is 5.76 Å². The first-order chi connectivity index (χ1) is 7.74. The second kappa shape index (κ2) is 4.61. The van der Waals surface area contributed by atoms with E-state index in [2.05, 4.69) is 11.0 Å². The van der Waals surface area contributed by atoms with Crippen molar-refractivity contribution in [2.24, 2.45) is 0 Å². The van der Waals surface area contributed by atoms with Crippen LogP contribution in [-0.2, 0) is 10.5 Å². The summed E-state index contributed by atoms with van der Waals surface area (Å²) in [6.07, 6.45) is 2.06. The van der Waals surface area contributed by atoms with Crippen molar-refractivity contribution >= 4 is 28.7 Å². The van der Waals surface area contributed by atoms with Gasteiger partial charge in [-0.2, -0.15) is 11.8 Å². The summed E-state index contributed by atoms with van der Waals surface area (Å²) < 4.78 is 9.98. The SMILES string of the molecule is COC(=O)c1cc2cc(CSC)ccc2o1. The first-order valence-electron chi connectivity index (χ1n) is 4.84. The van der Waals surface area contributed by atoms with Gasteiger partial charge in [0, 0.05) is 11.1 Å². The number of thioether (sulfide) groups is 1. The summed E-state index contributed by atoms with van der Waals surface area (Å²) in [5.74, 6) is 0.760. The Bertz CT molecular complexity index is 516.